The number of amides is 2. The molecule has 5 nitrogen and oxygen atoms in total. The second-order valence-corrected chi connectivity index (χ2v) is 8.94. The van der Waals surface area contributed by atoms with Crippen molar-refractivity contribution in [1.82, 2.24) is 4.90 Å². The number of aryl methyl sites for hydroxylation is 1. The summed E-state index contributed by atoms with van der Waals surface area (Å²) in [6, 6.07) is 7.02. The van der Waals surface area contributed by atoms with E-state index in [0.29, 0.717) is 30.1 Å². The van der Waals surface area contributed by atoms with Crippen molar-refractivity contribution in [2.45, 2.75) is 24.3 Å². The number of hydrogen-bond donors (Lipinski definition) is 1. The molecule has 4 rings (SSSR count). The summed E-state index contributed by atoms with van der Waals surface area (Å²) in [6.45, 7) is 1.29. The van der Waals surface area contributed by atoms with Gasteiger partial charge in [0, 0.05) is 23.7 Å². The number of nitrogens with one attached hydrogen (secondary N) is 1. The van der Waals surface area contributed by atoms with Gasteiger partial charge < -0.3 is 10.2 Å². The highest BCUT2D eigenvalue weighted by Gasteiger charge is 2.27. The van der Waals surface area contributed by atoms with Crippen LogP contribution in [0.2, 0.25) is 0 Å². The maximum absolute atomic E-state index is 12.4. The van der Waals surface area contributed by atoms with Gasteiger partial charge in [-0.15, -0.1) is 11.3 Å². The Kier molecular flexibility index (Phi) is 3.42. The first-order chi connectivity index (χ1) is 11.0. The zero-order valence-electron chi connectivity index (χ0n) is 12.4. The molecule has 3 heterocycles. The van der Waals surface area contributed by atoms with Gasteiger partial charge in [-0.2, -0.15) is 0 Å². The third-order valence-corrected chi connectivity index (χ3v) is 7.20. The molecule has 120 valence electrons. The molecule has 0 fully saturated rings. The van der Waals surface area contributed by atoms with Gasteiger partial charge in [0.2, 0.25) is 0 Å². The zero-order valence-corrected chi connectivity index (χ0v) is 14.0. The normalized spacial score (nSPS) is 18.3. The lowest BCUT2D eigenvalue weighted by atomic mass is 10.1. The van der Waals surface area contributed by atoms with Crippen molar-refractivity contribution >= 4 is 32.9 Å². The molecule has 2 aliphatic rings. The lowest BCUT2D eigenvalue weighted by molar-refractivity contribution is 0.207. The number of thiophene rings is 1. The molecule has 0 atom stereocenters. The molecule has 7 heteroatoms. The van der Waals surface area contributed by atoms with E-state index in [1.165, 1.54) is 10.4 Å². The summed E-state index contributed by atoms with van der Waals surface area (Å²) >= 11 is 1.73. The first kappa shape index (κ1) is 14.7. The van der Waals surface area contributed by atoms with Gasteiger partial charge in [-0.1, -0.05) is 6.07 Å². The highest BCUT2D eigenvalue weighted by atomic mass is 32.2. The summed E-state index contributed by atoms with van der Waals surface area (Å²) in [5, 5.41) is 4.88. The van der Waals surface area contributed by atoms with E-state index in [1.54, 1.807) is 34.4 Å². The Balaban J connectivity index is 1.52. The standard InChI is InChI=1S/C16H16N2O3S2/c19-16(18-6-3-14-12(10-18)4-7-22-14)17-13-2-1-11-5-8-23(20,21)15(11)9-13/h1-2,4,7,9H,3,5-6,8,10H2,(H,17,19). The topological polar surface area (TPSA) is 66.5 Å². The van der Waals surface area contributed by atoms with E-state index < -0.39 is 9.84 Å². The zero-order chi connectivity index (χ0) is 16.0. The highest BCUT2D eigenvalue weighted by Crippen LogP contribution is 2.29. The minimum Gasteiger partial charge on any atom is -0.320 e. The van der Waals surface area contributed by atoms with E-state index in [9.17, 15) is 13.2 Å². The molecule has 23 heavy (non-hydrogen) atoms. The summed E-state index contributed by atoms with van der Waals surface area (Å²) in [6.07, 6.45) is 1.43. The smallest absolute Gasteiger partial charge is 0.320 e. The van der Waals surface area contributed by atoms with E-state index in [4.69, 9.17) is 0 Å². The van der Waals surface area contributed by atoms with Crippen molar-refractivity contribution < 1.29 is 13.2 Å². The molecule has 1 aromatic carbocycles. The first-order valence-electron chi connectivity index (χ1n) is 7.50. The molecule has 2 aliphatic heterocycles. The summed E-state index contributed by atoms with van der Waals surface area (Å²) in [7, 11) is -3.18. The number of sulfone groups is 1. The molecule has 0 saturated heterocycles. The van der Waals surface area contributed by atoms with Crippen LogP contribution in [0, 0.1) is 0 Å². The fourth-order valence-corrected chi connectivity index (χ4v) is 5.58. The van der Waals surface area contributed by atoms with E-state index in [1.807, 2.05) is 0 Å². The fourth-order valence-electron chi connectivity index (χ4n) is 3.11. The van der Waals surface area contributed by atoms with Gasteiger partial charge >= 0.3 is 6.03 Å². The SMILES string of the molecule is O=C(Nc1ccc2c(c1)S(=O)(=O)CC2)N1CCc2sccc2C1. The van der Waals surface area contributed by atoms with Crippen LogP contribution in [0.5, 0.6) is 0 Å². The quantitative estimate of drug-likeness (QED) is 0.862. The number of fused-ring (bicyclic) bond motifs is 2. The number of carbonyl (C=O) groups excluding carboxylic acids is 1. The van der Waals surface area contributed by atoms with Crippen LogP contribution in [0.4, 0.5) is 10.5 Å². The summed E-state index contributed by atoms with van der Waals surface area (Å²) < 4.78 is 24.0. The average molecular weight is 348 g/mol. The molecule has 1 aromatic heterocycles. The molecule has 0 radical (unpaired) electrons. The minimum absolute atomic E-state index is 0.160. The van der Waals surface area contributed by atoms with Gasteiger partial charge in [0.15, 0.2) is 9.84 Å². The Morgan fingerprint density at radius 3 is 2.91 bits per heavy atom. The Morgan fingerprint density at radius 1 is 1.17 bits per heavy atom. The van der Waals surface area contributed by atoms with Crippen molar-refractivity contribution in [1.29, 1.82) is 0 Å². The Labute approximate surface area is 138 Å². The van der Waals surface area contributed by atoms with Crippen molar-refractivity contribution in [3.05, 3.63) is 45.6 Å². The van der Waals surface area contributed by atoms with E-state index in [2.05, 4.69) is 16.8 Å². The van der Waals surface area contributed by atoms with Crippen molar-refractivity contribution in [2.24, 2.45) is 0 Å². The summed E-state index contributed by atoms with van der Waals surface area (Å²) in [4.78, 5) is 15.9. The lowest BCUT2D eigenvalue weighted by Gasteiger charge is -2.27. The number of urea groups is 1. The Morgan fingerprint density at radius 2 is 2.04 bits per heavy atom. The van der Waals surface area contributed by atoms with Gasteiger partial charge in [0.05, 0.1) is 10.6 Å². The number of rotatable bonds is 1. The lowest BCUT2D eigenvalue weighted by Crippen LogP contribution is -2.38. The van der Waals surface area contributed by atoms with E-state index in [-0.39, 0.29) is 11.8 Å². The number of nitrogens with zero attached hydrogens (tertiary/aromatic N) is 1. The second kappa shape index (κ2) is 5.35. The van der Waals surface area contributed by atoms with Gasteiger partial charge in [-0.3, -0.25) is 0 Å². The molecule has 0 unspecified atom stereocenters. The van der Waals surface area contributed by atoms with Crippen LogP contribution >= 0.6 is 11.3 Å². The number of carbonyl (C=O) groups is 1. The number of hydrogen-bond acceptors (Lipinski definition) is 4. The molecule has 0 bridgehead atoms. The Hall–Kier alpha value is -1.86. The maximum atomic E-state index is 12.4. The number of benzene rings is 1. The third-order valence-electron chi connectivity index (χ3n) is 4.39. The molecule has 2 aromatic rings. The van der Waals surface area contributed by atoms with Crippen LogP contribution in [-0.2, 0) is 29.2 Å². The Bertz CT molecular complexity index is 886. The highest BCUT2D eigenvalue weighted by molar-refractivity contribution is 7.91. The van der Waals surface area contributed by atoms with Crippen molar-refractivity contribution in [3.8, 4) is 0 Å². The predicted molar refractivity (Wildman–Crippen MR) is 89.7 cm³/mol. The van der Waals surface area contributed by atoms with Crippen LogP contribution in [0.25, 0.3) is 0 Å². The van der Waals surface area contributed by atoms with Crippen LogP contribution in [-0.4, -0.2) is 31.6 Å². The van der Waals surface area contributed by atoms with Gasteiger partial charge in [0.25, 0.3) is 0 Å². The monoisotopic (exact) mass is 348 g/mol. The van der Waals surface area contributed by atoms with Gasteiger partial charge in [0.1, 0.15) is 0 Å². The van der Waals surface area contributed by atoms with Crippen molar-refractivity contribution in [3.63, 3.8) is 0 Å². The first-order valence-corrected chi connectivity index (χ1v) is 10.0. The average Bonchev–Trinajstić information content (AvgIpc) is 3.11. The molecule has 1 N–H and O–H groups in total. The van der Waals surface area contributed by atoms with E-state index in [0.717, 1.165) is 12.0 Å². The predicted octanol–water partition coefficient (Wildman–Crippen LogP) is 2.67. The third kappa shape index (κ3) is 2.64. The molecular weight excluding hydrogens is 332 g/mol. The summed E-state index contributed by atoms with van der Waals surface area (Å²) in [5.74, 6) is 0.160. The molecule has 0 saturated carbocycles. The van der Waals surface area contributed by atoms with Crippen molar-refractivity contribution in [2.75, 3.05) is 17.6 Å². The van der Waals surface area contributed by atoms with E-state index >= 15 is 0 Å². The largest absolute Gasteiger partial charge is 0.322 e. The molecule has 0 aliphatic carbocycles. The molecule has 0 spiro atoms. The fraction of sp³-hybridized carbons (Fsp3) is 0.312. The summed E-state index contributed by atoms with van der Waals surface area (Å²) in [5.41, 5.74) is 2.58. The van der Waals surface area contributed by atoms with Crippen LogP contribution in [0.1, 0.15) is 16.0 Å². The number of anilines is 1. The van der Waals surface area contributed by atoms with Crippen LogP contribution in [0.15, 0.2) is 34.5 Å². The maximum Gasteiger partial charge on any atom is 0.322 e. The second-order valence-electron chi connectivity index (χ2n) is 5.86. The minimum atomic E-state index is -3.18. The molecular formula is C16H16N2O3S2. The van der Waals surface area contributed by atoms with Crippen LogP contribution < -0.4 is 5.32 Å². The van der Waals surface area contributed by atoms with Gasteiger partial charge in [-0.25, -0.2) is 13.2 Å². The van der Waals surface area contributed by atoms with Crippen LogP contribution in [0.3, 0.4) is 0 Å². The molecule has 2 amide bonds. The van der Waals surface area contributed by atoms with Gasteiger partial charge in [-0.05, 0) is 47.5 Å².